The number of hydrogen-bond donors (Lipinski definition) is 1. The molecule has 1 aromatic rings. The average Bonchev–Trinajstić information content (AvgIpc) is 2.75. The molecule has 2 bridgehead atoms. The number of rotatable bonds is 2. The van der Waals surface area contributed by atoms with Crippen LogP contribution in [0.2, 0.25) is 0 Å². The molecule has 2 N–H and O–H groups in total. The van der Waals surface area contributed by atoms with Gasteiger partial charge in [-0.2, -0.15) is 13.2 Å². The molecule has 1 saturated carbocycles. The normalized spacial score (nSPS) is 28.3. The van der Waals surface area contributed by atoms with Gasteiger partial charge in [0.1, 0.15) is 5.69 Å². The molecule has 3 atom stereocenters. The summed E-state index contributed by atoms with van der Waals surface area (Å²) in [5, 5.41) is 0.587. The van der Waals surface area contributed by atoms with Crippen LogP contribution < -0.4 is 10.6 Å². The quantitative estimate of drug-likeness (QED) is 0.662. The molecule has 3 rings (SSSR count). The molecule has 126 valence electrons. The van der Waals surface area contributed by atoms with Gasteiger partial charge in [0, 0.05) is 25.0 Å². The highest BCUT2D eigenvalue weighted by Crippen LogP contribution is 2.41. The van der Waals surface area contributed by atoms with Crippen molar-refractivity contribution < 1.29 is 13.2 Å². The minimum absolute atomic E-state index is 0.197. The molecule has 1 aliphatic heterocycles. The molecular weight excluding hydrogens is 325 g/mol. The lowest BCUT2D eigenvalue weighted by atomic mass is 9.92. The van der Waals surface area contributed by atoms with E-state index in [2.05, 4.69) is 9.98 Å². The minimum Gasteiger partial charge on any atom is -0.379 e. The molecule has 0 amide bonds. The molecule has 4 nitrogen and oxygen atoms in total. The van der Waals surface area contributed by atoms with Crippen LogP contribution in [0.3, 0.4) is 0 Å². The van der Waals surface area contributed by atoms with Crippen LogP contribution in [0.5, 0.6) is 0 Å². The fourth-order valence-electron chi connectivity index (χ4n) is 3.59. The van der Waals surface area contributed by atoms with Crippen molar-refractivity contribution in [1.29, 1.82) is 0 Å². The van der Waals surface area contributed by atoms with Crippen molar-refractivity contribution in [1.82, 2.24) is 4.98 Å². The van der Waals surface area contributed by atoms with Crippen molar-refractivity contribution in [3.05, 3.63) is 24.0 Å². The lowest BCUT2D eigenvalue weighted by Crippen LogP contribution is -2.44. The number of piperidine rings is 1. The van der Waals surface area contributed by atoms with E-state index in [-0.39, 0.29) is 6.04 Å². The van der Waals surface area contributed by atoms with Gasteiger partial charge in [0.05, 0.1) is 6.04 Å². The maximum absolute atomic E-state index is 12.8. The van der Waals surface area contributed by atoms with Crippen molar-refractivity contribution in [2.75, 3.05) is 24.2 Å². The van der Waals surface area contributed by atoms with Crippen LogP contribution in [-0.4, -0.2) is 35.5 Å². The first kappa shape index (κ1) is 16.4. The largest absolute Gasteiger partial charge is 0.433 e. The summed E-state index contributed by atoms with van der Waals surface area (Å²) in [4.78, 5) is 10.1. The number of hydrogen-bond acceptors (Lipinski definition) is 4. The zero-order chi connectivity index (χ0) is 16.6. The van der Waals surface area contributed by atoms with Gasteiger partial charge in [-0.25, -0.2) is 0 Å². The molecule has 8 heteroatoms. The number of fused-ring (bicyclic) bond motifs is 2. The van der Waals surface area contributed by atoms with Crippen LogP contribution in [0.1, 0.15) is 18.5 Å². The van der Waals surface area contributed by atoms with Crippen molar-refractivity contribution >= 4 is 22.6 Å². The van der Waals surface area contributed by atoms with E-state index in [1.807, 2.05) is 11.2 Å². The second kappa shape index (κ2) is 6.22. The Hall–Kier alpha value is -1.44. The standard InChI is InChI=1S/C15H19F3N4S/c1-23-14(19)21-13-9-2-3-10(13)8-22(7-9)11-4-5-20-12(6-11)15(16,17)18/h4-6,9-10,13H,2-3,7-8H2,1H3,(H2,19,21)/t9-,10+,13-. The third-order valence-corrected chi connectivity index (χ3v) is 5.19. The van der Waals surface area contributed by atoms with Gasteiger partial charge in [0.2, 0.25) is 0 Å². The van der Waals surface area contributed by atoms with E-state index in [0.717, 1.165) is 18.9 Å². The maximum atomic E-state index is 12.8. The molecule has 0 unspecified atom stereocenters. The Morgan fingerprint density at radius 1 is 1.35 bits per heavy atom. The van der Waals surface area contributed by atoms with E-state index in [9.17, 15) is 13.2 Å². The first-order chi connectivity index (χ1) is 10.9. The van der Waals surface area contributed by atoms with Gasteiger partial charge in [0.25, 0.3) is 0 Å². The zero-order valence-corrected chi connectivity index (χ0v) is 13.6. The number of aliphatic imine (C=N–C) groups is 1. The second-order valence-corrected chi connectivity index (χ2v) is 6.89. The summed E-state index contributed by atoms with van der Waals surface area (Å²) < 4.78 is 38.5. The van der Waals surface area contributed by atoms with Gasteiger partial charge in [-0.3, -0.25) is 9.98 Å². The molecule has 0 spiro atoms. The monoisotopic (exact) mass is 344 g/mol. The number of nitrogens with two attached hydrogens (primary N) is 1. The summed E-state index contributed by atoms with van der Waals surface area (Å²) in [7, 11) is 0. The van der Waals surface area contributed by atoms with E-state index in [1.54, 1.807) is 6.07 Å². The number of aromatic nitrogens is 1. The first-order valence-corrected chi connectivity index (χ1v) is 8.76. The van der Waals surface area contributed by atoms with Crippen molar-refractivity contribution in [2.45, 2.75) is 25.1 Å². The highest BCUT2D eigenvalue weighted by atomic mass is 32.2. The second-order valence-electron chi connectivity index (χ2n) is 6.06. The van der Waals surface area contributed by atoms with E-state index in [4.69, 9.17) is 5.73 Å². The van der Waals surface area contributed by atoms with Gasteiger partial charge in [-0.15, -0.1) is 0 Å². The number of thioether (sulfide) groups is 1. The van der Waals surface area contributed by atoms with E-state index < -0.39 is 11.9 Å². The number of anilines is 1. The Labute approximate surface area is 137 Å². The van der Waals surface area contributed by atoms with Crippen molar-refractivity contribution in [3.8, 4) is 0 Å². The number of pyridine rings is 1. The van der Waals surface area contributed by atoms with Crippen LogP contribution >= 0.6 is 11.8 Å². The molecule has 0 aromatic carbocycles. The van der Waals surface area contributed by atoms with Gasteiger partial charge in [-0.1, -0.05) is 11.8 Å². The van der Waals surface area contributed by atoms with Gasteiger partial charge >= 0.3 is 6.18 Å². The lowest BCUT2D eigenvalue weighted by molar-refractivity contribution is -0.141. The summed E-state index contributed by atoms with van der Waals surface area (Å²) in [6.45, 7) is 1.43. The topological polar surface area (TPSA) is 54.5 Å². The predicted octanol–water partition coefficient (Wildman–Crippen LogP) is 2.99. The fourth-order valence-corrected chi connectivity index (χ4v) is 3.81. The van der Waals surface area contributed by atoms with Crippen LogP contribution in [0.4, 0.5) is 18.9 Å². The number of nitrogens with zero attached hydrogens (tertiary/aromatic N) is 3. The molecular formula is C15H19F3N4S. The molecule has 1 saturated heterocycles. The van der Waals surface area contributed by atoms with Crippen LogP contribution in [-0.2, 0) is 6.18 Å². The fraction of sp³-hybridized carbons (Fsp3) is 0.600. The highest BCUT2D eigenvalue weighted by molar-refractivity contribution is 8.13. The molecule has 1 aromatic heterocycles. The number of amidine groups is 1. The van der Waals surface area contributed by atoms with E-state index in [0.29, 0.717) is 35.8 Å². The number of alkyl halides is 3. The highest BCUT2D eigenvalue weighted by Gasteiger charge is 2.42. The third kappa shape index (κ3) is 3.41. The van der Waals surface area contributed by atoms with Crippen molar-refractivity contribution in [2.24, 2.45) is 22.6 Å². The van der Waals surface area contributed by atoms with Gasteiger partial charge in [-0.05, 0) is 43.1 Å². The minimum atomic E-state index is -4.41. The molecule has 1 aliphatic carbocycles. The average molecular weight is 344 g/mol. The number of halogens is 3. The van der Waals surface area contributed by atoms with Gasteiger partial charge in [0.15, 0.2) is 5.17 Å². The maximum Gasteiger partial charge on any atom is 0.433 e. The molecule has 2 aliphatic rings. The van der Waals surface area contributed by atoms with E-state index in [1.165, 1.54) is 18.0 Å². The first-order valence-electron chi connectivity index (χ1n) is 7.54. The summed E-state index contributed by atoms with van der Waals surface area (Å²) >= 11 is 1.43. The molecule has 23 heavy (non-hydrogen) atoms. The van der Waals surface area contributed by atoms with Gasteiger partial charge < -0.3 is 10.6 Å². The van der Waals surface area contributed by atoms with Crippen LogP contribution in [0.25, 0.3) is 0 Å². The molecule has 2 heterocycles. The summed E-state index contributed by atoms with van der Waals surface area (Å²) in [5.41, 5.74) is 5.58. The predicted molar refractivity (Wildman–Crippen MR) is 86.6 cm³/mol. The Morgan fingerprint density at radius 2 is 2.00 bits per heavy atom. The van der Waals surface area contributed by atoms with Crippen LogP contribution in [0, 0.1) is 11.8 Å². The smallest absolute Gasteiger partial charge is 0.379 e. The Bertz CT molecular complexity index is 591. The van der Waals surface area contributed by atoms with Crippen LogP contribution in [0.15, 0.2) is 23.3 Å². The summed E-state index contributed by atoms with van der Waals surface area (Å²) in [5.74, 6) is 0.698. The summed E-state index contributed by atoms with van der Waals surface area (Å²) in [6.07, 6.45) is 0.814. The van der Waals surface area contributed by atoms with E-state index >= 15 is 0 Å². The third-order valence-electron chi connectivity index (χ3n) is 4.67. The summed E-state index contributed by atoms with van der Waals surface area (Å²) in [6, 6.07) is 2.98. The molecule has 2 fully saturated rings. The molecule has 0 radical (unpaired) electrons. The lowest BCUT2D eigenvalue weighted by Gasteiger charge is -2.37. The Morgan fingerprint density at radius 3 is 2.57 bits per heavy atom. The SMILES string of the molecule is CS/C(N)=N\[C@@H]1[C@@H]2CC[C@H]1CN(c1ccnc(C(F)(F)F)c1)C2. The van der Waals surface area contributed by atoms with Crippen molar-refractivity contribution in [3.63, 3.8) is 0 Å². The Kier molecular flexibility index (Phi) is 4.44. The zero-order valence-electron chi connectivity index (χ0n) is 12.8. The Balaban J connectivity index is 1.78.